The molecular weight excluding hydrogens is 290 g/mol. The highest BCUT2D eigenvalue weighted by atomic mass is 32.2. The van der Waals surface area contributed by atoms with E-state index in [0.717, 1.165) is 11.5 Å². The third kappa shape index (κ3) is 2.31. The lowest BCUT2D eigenvalue weighted by molar-refractivity contribution is 0.756. The molecule has 4 heteroatoms. The number of hydrogen-bond acceptors (Lipinski definition) is 3. The maximum atomic E-state index is 4.31. The summed E-state index contributed by atoms with van der Waals surface area (Å²) in [5.74, 6) is 1.41. The van der Waals surface area contributed by atoms with Crippen LogP contribution in [0.2, 0.25) is 0 Å². The summed E-state index contributed by atoms with van der Waals surface area (Å²) in [6, 6.07) is 13.1. The van der Waals surface area contributed by atoms with E-state index in [-0.39, 0.29) is 0 Å². The van der Waals surface area contributed by atoms with Gasteiger partial charge < -0.3 is 0 Å². The molecule has 1 aromatic carbocycles. The first-order valence-corrected chi connectivity index (χ1v) is 8.69. The Balaban J connectivity index is 1.66. The number of hydrogen-bond donors (Lipinski definition) is 0. The molecule has 3 nitrogen and oxygen atoms in total. The fourth-order valence-electron chi connectivity index (χ4n) is 3.16. The van der Waals surface area contributed by atoms with E-state index in [1.807, 2.05) is 11.8 Å². The minimum atomic E-state index is 0.377. The molecule has 0 fully saturated rings. The first-order chi connectivity index (χ1) is 10.7. The Labute approximate surface area is 134 Å². The van der Waals surface area contributed by atoms with Crippen molar-refractivity contribution in [3.05, 3.63) is 59.5 Å². The van der Waals surface area contributed by atoms with E-state index in [2.05, 4.69) is 71.0 Å². The largest absolute Gasteiger partial charge is 0.285 e. The van der Waals surface area contributed by atoms with Crippen molar-refractivity contribution in [1.29, 1.82) is 0 Å². The third-order valence-corrected chi connectivity index (χ3v) is 5.56. The molecule has 2 heterocycles. The van der Waals surface area contributed by atoms with Crippen molar-refractivity contribution in [2.24, 2.45) is 0 Å². The second kappa shape index (κ2) is 5.43. The van der Waals surface area contributed by atoms with Crippen LogP contribution in [0, 0.1) is 0 Å². The molecule has 112 valence electrons. The number of aromatic nitrogens is 3. The van der Waals surface area contributed by atoms with Gasteiger partial charge in [-0.15, -0.1) is 22.0 Å². The molecule has 0 amide bonds. The van der Waals surface area contributed by atoms with Gasteiger partial charge in [0.2, 0.25) is 0 Å². The smallest absolute Gasteiger partial charge is 0.160 e. The first-order valence-electron chi connectivity index (χ1n) is 7.81. The molecule has 1 aliphatic carbocycles. The molecule has 0 spiro atoms. The molecule has 3 aromatic rings. The number of fused-ring (bicyclic) bond motifs is 2. The Morgan fingerprint density at radius 1 is 1.14 bits per heavy atom. The van der Waals surface area contributed by atoms with E-state index in [0.29, 0.717) is 11.2 Å². The SMILES string of the molecule is CC(C)c1nnc2ccc(SC3CCc4ccccc43)cn12. The average Bonchev–Trinajstić information content (AvgIpc) is 3.11. The molecule has 0 bridgehead atoms. The zero-order valence-corrected chi connectivity index (χ0v) is 13.7. The summed E-state index contributed by atoms with van der Waals surface area (Å²) in [5.41, 5.74) is 3.94. The zero-order valence-electron chi connectivity index (χ0n) is 12.9. The molecule has 1 unspecified atom stereocenters. The molecule has 1 atom stereocenters. The van der Waals surface area contributed by atoms with Crippen molar-refractivity contribution in [3.8, 4) is 0 Å². The maximum Gasteiger partial charge on any atom is 0.160 e. The van der Waals surface area contributed by atoms with Gasteiger partial charge in [0.1, 0.15) is 5.82 Å². The summed E-state index contributed by atoms with van der Waals surface area (Å²) in [7, 11) is 0. The molecule has 0 saturated carbocycles. The highest BCUT2D eigenvalue weighted by Gasteiger charge is 2.23. The molecule has 2 aromatic heterocycles. The standard InChI is InChI=1S/C18H19N3S/c1-12(2)18-20-19-17-10-8-14(11-21(17)18)22-16-9-7-13-5-3-4-6-15(13)16/h3-6,8,10-12,16H,7,9H2,1-2H3. The van der Waals surface area contributed by atoms with E-state index in [1.54, 1.807) is 0 Å². The number of nitrogens with zero attached hydrogens (tertiary/aromatic N) is 3. The Hall–Kier alpha value is -1.81. The van der Waals surface area contributed by atoms with Crippen LogP contribution in [0.5, 0.6) is 0 Å². The number of rotatable bonds is 3. The molecule has 0 radical (unpaired) electrons. The van der Waals surface area contributed by atoms with Crippen LogP contribution in [-0.4, -0.2) is 14.6 Å². The molecule has 0 N–H and O–H groups in total. The van der Waals surface area contributed by atoms with E-state index < -0.39 is 0 Å². The van der Waals surface area contributed by atoms with Crippen LogP contribution in [0.4, 0.5) is 0 Å². The van der Waals surface area contributed by atoms with Gasteiger partial charge in [-0.2, -0.15) is 0 Å². The molecule has 22 heavy (non-hydrogen) atoms. The first kappa shape index (κ1) is 13.8. The van der Waals surface area contributed by atoms with Crippen molar-refractivity contribution >= 4 is 17.4 Å². The second-order valence-corrected chi connectivity index (χ2v) is 7.43. The lowest BCUT2D eigenvalue weighted by atomic mass is 10.1. The van der Waals surface area contributed by atoms with Gasteiger partial charge in [-0.25, -0.2) is 0 Å². The highest BCUT2D eigenvalue weighted by Crippen LogP contribution is 2.44. The van der Waals surface area contributed by atoms with Crippen LogP contribution >= 0.6 is 11.8 Å². The van der Waals surface area contributed by atoms with Gasteiger partial charge >= 0.3 is 0 Å². The molecule has 4 rings (SSSR count). The quantitative estimate of drug-likeness (QED) is 0.706. The van der Waals surface area contributed by atoms with Gasteiger partial charge in [0.25, 0.3) is 0 Å². The van der Waals surface area contributed by atoms with E-state index >= 15 is 0 Å². The van der Waals surface area contributed by atoms with Gasteiger partial charge in [-0.05, 0) is 36.1 Å². The third-order valence-electron chi connectivity index (χ3n) is 4.27. The van der Waals surface area contributed by atoms with Crippen LogP contribution < -0.4 is 0 Å². The van der Waals surface area contributed by atoms with Crippen LogP contribution in [-0.2, 0) is 6.42 Å². The Morgan fingerprint density at radius 2 is 2.00 bits per heavy atom. The maximum absolute atomic E-state index is 4.31. The van der Waals surface area contributed by atoms with Gasteiger partial charge in [0, 0.05) is 22.3 Å². The van der Waals surface area contributed by atoms with Crippen LogP contribution in [0.1, 0.15) is 48.4 Å². The predicted molar refractivity (Wildman–Crippen MR) is 90.4 cm³/mol. The monoisotopic (exact) mass is 309 g/mol. The summed E-state index contributed by atoms with van der Waals surface area (Å²) in [5, 5.41) is 9.12. The summed E-state index contributed by atoms with van der Waals surface area (Å²) in [6.45, 7) is 4.31. The van der Waals surface area contributed by atoms with Gasteiger partial charge in [0.15, 0.2) is 5.65 Å². The summed E-state index contributed by atoms with van der Waals surface area (Å²) >= 11 is 1.96. The number of pyridine rings is 1. The Bertz CT molecular complexity index is 822. The minimum Gasteiger partial charge on any atom is -0.285 e. The van der Waals surface area contributed by atoms with Crippen molar-refractivity contribution in [2.75, 3.05) is 0 Å². The van der Waals surface area contributed by atoms with Crippen molar-refractivity contribution in [3.63, 3.8) is 0 Å². The van der Waals surface area contributed by atoms with E-state index in [9.17, 15) is 0 Å². The lowest BCUT2D eigenvalue weighted by Gasteiger charge is -2.12. The summed E-state index contributed by atoms with van der Waals surface area (Å²) in [6.07, 6.45) is 4.61. The highest BCUT2D eigenvalue weighted by molar-refractivity contribution is 7.99. The summed E-state index contributed by atoms with van der Waals surface area (Å²) in [4.78, 5) is 1.29. The van der Waals surface area contributed by atoms with E-state index in [1.165, 1.54) is 28.9 Å². The fourth-order valence-corrected chi connectivity index (χ4v) is 4.39. The van der Waals surface area contributed by atoms with Crippen LogP contribution in [0.15, 0.2) is 47.5 Å². The predicted octanol–water partition coefficient (Wildman–Crippen LogP) is 4.63. The van der Waals surface area contributed by atoms with Crippen molar-refractivity contribution < 1.29 is 0 Å². The number of thioether (sulfide) groups is 1. The molecular formula is C18H19N3S. The van der Waals surface area contributed by atoms with Gasteiger partial charge in [0.05, 0.1) is 0 Å². The fraction of sp³-hybridized carbons (Fsp3) is 0.333. The molecule has 1 aliphatic rings. The van der Waals surface area contributed by atoms with Crippen molar-refractivity contribution in [2.45, 2.75) is 42.8 Å². The topological polar surface area (TPSA) is 30.2 Å². The van der Waals surface area contributed by atoms with Gasteiger partial charge in [-0.1, -0.05) is 38.1 Å². The van der Waals surface area contributed by atoms with Crippen LogP contribution in [0.25, 0.3) is 5.65 Å². The Kier molecular flexibility index (Phi) is 3.41. The van der Waals surface area contributed by atoms with Crippen molar-refractivity contribution in [1.82, 2.24) is 14.6 Å². The lowest BCUT2D eigenvalue weighted by Crippen LogP contribution is -1.97. The molecule has 0 aliphatic heterocycles. The average molecular weight is 309 g/mol. The number of aryl methyl sites for hydroxylation is 1. The van der Waals surface area contributed by atoms with Gasteiger partial charge in [-0.3, -0.25) is 4.40 Å². The Morgan fingerprint density at radius 3 is 2.86 bits per heavy atom. The minimum absolute atomic E-state index is 0.377. The molecule has 0 saturated heterocycles. The normalized spacial score (nSPS) is 17.3. The summed E-state index contributed by atoms with van der Waals surface area (Å²) < 4.78 is 2.13. The second-order valence-electron chi connectivity index (χ2n) is 6.15. The zero-order chi connectivity index (χ0) is 15.1. The van der Waals surface area contributed by atoms with Crippen LogP contribution in [0.3, 0.4) is 0 Å². The number of benzene rings is 1. The van der Waals surface area contributed by atoms with E-state index in [4.69, 9.17) is 0 Å².